The molecular weight excluding hydrogens is 653 g/mol. The van der Waals surface area contributed by atoms with E-state index >= 15 is 0 Å². The van der Waals surface area contributed by atoms with Gasteiger partial charge in [0.15, 0.2) is 6.23 Å². The summed E-state index contributed by atoms with van der Waals surface area (Å²) >= 11 is 1.99. The molecule has 42 heavy (non-hydrogen) atoms. The molecule has 0 radical (unpaired) electrons. The molecule has 4 atom stereocenters. The molecule has 5 rings (SSSR count). The number of aliphatic hydroxyl groups is 1. The summed E-state index contributed by atoms with van der Waals surface area (Å²) in [6.07, 6.45) is -2.21. The second kappa shape index (κ2) is 12.8. The minimum absolute atomic E-state index is 0.0429. The van der Waals surface area contributed by atoms with Gasteiger partial charge in [0.25, 0.3) is 0 Å². The van der Waals surface area contributed by atoms with Crippen LogP contribution >= 0.6 is 22.6 Å². The number of nitrogens with two attached hydrogens (primary N) is 1. The van der Waals surface area contributed by atoms with E-state index in [-0.39, 0.29) is 12.4 Å². The zero-order chi connectivity index (χ0) is 29.9. The van der Waals surface area contributed by atoms with Crippen LogP contribution in [0.4, 0.5) is 5.82 Å². The van der Waals surface area contributed by atoms with Crippen LogP contribution in [0.2, 0.25) is 0 Å². The zero-order valence-electron chi connectivity index (χ0n) is 23.3. The lowest BCUT2D eigenvalue weighted by Gasteiger charge is -2.37. The molecule has 220 valence electrons. The summed E-state index contributed by atoms with van der Waals surface area (Å²) in [6.45, 7) is -0.0429. The second-order valence-electron chi connectivity index (χ2n) is 9.74. The van der Waals surface area contributed by atoms with Crippen LogP contribution in [0.3, 0.4) is 0 Å². The number of nitrogen functional groups attached to an aromatic ring is 1. The molecule has 0 saturated carbocycles. The van der Waals surface area contributed by atoms with Crippen molar-refractivity contribution in [2.75, 3.05) is 33.7 Å². The minimum Gasteiger partial charge on any atom is -0.497 e. The van der Waals surface area contributed by atoms with Gasteiger partial charge in [0.05, 0.1) is 24.4 Å². The first-order chi connectivity index (χ1) is 20.3. The first kappa shape index (κ1) is 30.0. The number of hydrogen-bond donors (Lipinski definition) is 2. The molecule has 0 bridgehead atoms. The van der Waals surface area contributed by atoms with Gasteiger partial charge in [-0.2, -0.15) is 4.98 Å². The third kappa shape index (κ3) is 5.62. The highest BCUT2D eigenvalue weighted by Gasteiger charge is 2.47. The fourth-order valence-corrected chi connectivity index (χ4v) is 5.68. The average molecular weight is 686 g/mol. The lowest BCUT2D eigenvalue weighted by molar-refractivity contribution is -0.0967. The van der Waals surface area contributed by atoms with Crippen LogP contribution in [0.25, 0.3) is 0 Å². The van der Waals surface area contributed by atoms with E-state index in [1.807, 2.05) is 101 Å². The van der Waals surface area contributed by atoms with Crippen molar-refractivity contribution >= 4 is 28.4 Å². The first-order valence-electron chi connectivity index (χ1n) is 13.2. The summed E-state index contributed by atoms with van der Waals surface area (Å²) in [5.41, 5.74) is 6.63. The Morgan fingerprint density at radius 3 is 2.00 bits per heavy atom. The van der Waals surface area contributed by atoms with E-state index in [1.165, 1.54) is 11.7 Å². The second-order valence-corrected chi connectivity index (χ2v) is 10.9. The predicted octanol–water partition coefficient (Wildman–Crippen LogP) is 3.73. The van der Waals surface area contributed by atoms with Crippen molar-refractivity contribution in [1.29, 1.82) is 0 Å². The van der Waals surface area contributed by atoms with Gasteiger partial charge in [-0.1, -0.05) is 54.6 Å². The Hall–Kier alpha value is -3.49. The van der Waals surface area contributed by atoms with E-state index in [0.717, 1.165) is 16.7 Å². The average Bonchev–Trinajstić information content (AvgIpc) is 3.34. The summed E-state index contributed by atoms with van der Waals surface area (Å²) in [7, 11) is 4.69. The van der Waals surface area contributed by atoms with Crippen molar-refractivity contribution in [2.24, 2.45) is 0 Å². The van der Waals surface area contributed by atoms with Crippen LogP contribution in [0.15, 0.2) is 89.9 Å². The standard InChI is InChI=1S/C31H32IN3O7/c1-38-22-13-9-20(10-14-22)31(19-7-5-4-6-8-19,21-11-15-23(39-2)16-12-21)41-18-25-26(36)27(40-3)29(42-25)35-17-24(32)28(33)34-30(35)37/h4-17,25-27,29,36H,18H2,1-3H3,(H2,33,34,37)/t25-,26-,27-,29-/m1/s1. The lowest BCUT2D eigenvalue weighted by atomic mass is 9.80. The number of nitrogens with zero attached hydrogens (tertiary/aromatic N) is 2. The van der Waals surface area contributed by atoms with Gasteiger partial charge in [-0.15, -0.1) is 0 Å². The summed E-state index contributed by atoms with van der Waals surface area (Å²) < 4.78 is 31.4. The molecule has 11 heteroatoms. The molecule has 0 spiro atoms. The zero-order valence-corrected chi connectivity index (χ0v) is 25.5. The SMILES string of the molecule is COc1ccc(C(OC[C@H]2O[C@@H](n3cc(I)c(N)nc3=O)[C@H](OC)[C@@H]2O)(c2ccccc2)c2ccc(OC)cc2)cc1. The molecule has 0 aliphatic carbocycles. The Morgan fingerprint density at radius 2 is 1.48 bits per heavy atom. The Morgan fingerprint density at radius 1 is 0.929 bits per heavy atom. The van der Waals surface area contributed by atoms with Gasteiger partial charge in [-0.3, -0.25) is 4.57 Å². The largest absolute Gasteiger partial charge is 0.497 e. The molecule has 1 aliphatic heterocycles. The Kier molecular flexibility index (Phi) is 9.13. The quantitative estimate of drug-likeness (QED) is 0.190. The normalized spacial score (nSPS) is 20.4. The van der Waals surface area contributed by atoms with E-state index in [2.05, 4.69) is 4.98 Å². The van der Waals surface area contributed by atoms with Crippen LogP contribution < -0.4 is 20.9 Å². The maximum absolute atomic E-state index is 12.7. The molecule has 4 aromatic rings. The maximum Gasteiger partial charge on any atom is 0.351 e. The number of rotatable bonds is 10. The third-order valence-corrected chi connectivity index (χ3v) is 8.26. The van der Waals surface area contributed by atoms with E-state index in [1.54, 1.807) is 20.4 Å². The number of halogens is 1. The minimum atomic E-state index is -1.11. The van der Waals surface area contributed by atoms with E-state index in [9.17, 15) is 9.90 Å². The number of methoxy groups -OCH3 is 3. The Bertz CT molecular complexity index is 1500. The van der Waals surface area contributed by atoms with Crippen molar-refractivity contribution in [2.45, 2.75) is 30.1 Å². The number of benzene rings is 3. The molecule has 3 N–H and O–H groups in total. The highest BCUT2D eigenvalue weighted by molar-refractivity contribution is 14.1. The van der Waals surface area contributed by atoms with E-state index in [4.69, 9.17) is 29.4 Å². The van der Waals surface area contributed by atoms with Gasteiger partial charge >= 0.3 is 5.69 Å². The number of aliphatic hydroxyl groups excluding tert-OH is 1. The topological polar surface area (TPSA) is 127 Å². The Labute approximate surface area is 257 Å². The van der Waals surface area contributed by atoms with E-state index < -0.39 is 35.8 Å². The van der Waals surface area contributed by atoms with Gasteiger partial charge in [-0.05, 0) is 63.5 Å². The van der Waals surface area contributed by atoms with Crippen molar-refractivity contribution in [3.05, 3.63) is 116 Å². The Balaban J connectivity index is 1.57. The maximum atomic E-state index is 12.7. The molecule has 1 saturated heterocycles. The number of anilines is 1. The predicted molar refractivity (Wildman–Crippen MR) is 165 cm³/mol. The van der Waals surface area contributed by atoms with Crippen molar-refractivity contribution in [1.82, 2.24) is 9.55 Å². The monoisotopic (exact) mass is 685 g/mol. The highest BCUT2D eigenvalue weighted by Crippen LogP contribution is 2.43. The molecule has 1 fully saturated rings. The number of aromatic nitrogens is 2. The summed E-state index contributed by atoms with van der Waals surface area (Å²) in [6, 6.07) is 25.1. The summed E-state index contributed by atoms with van der Waals surface area (Å²) in [4.78, 5) is 16.6. The number of hydrogen-bond acceptors (Lipinski definition) is 9. The molecule has 3 aromatic carbocycles. The van der Waals surface area contributed by atoms with Gasteiger partial charge in [0, 0.05) is 13.3 Å². The van der Waals surface area contributed by atoms with Crippen molar-refractivity contribution in [3.8, 4) is 11.5 Å². The molecule has 10 nitrogen and oxygen atoms in total. The van der Waals surface area contributed by atoms with Gasteiger partial charge in [0.1, 0.15) is 41.2 Å². The summed E-state index contributed by atoms with van der Waals surface area (Å²) in [5.74, 6) is 1.52. The van der Waals surface area contributed by atoms with Gasteiger partial charge in [-0.25, -0.2) is 4.79 Å². The number of ether oxygens (including phenoxy) is 5. The smallest absolute Gasteiger partial charge is 0.351 e. The lowest BCUT2D eigenvalue weighted by Crippen LogP contribution is -2.40. The van der Waals surface area contributed by atoms with Gasteiger partial charge in [0.2, 0.25) is 0 Å². The highest BCUT2D eigenvalue weighted by atomic mass is 127. The summed E-state index contributed by atoms with van der Waals surface area (Å²) in [5, 5.41) is 11.3. The molecule has 2 heterocycles. The fraction of sp³-hybridized carbons (Fsp3) is 0.290. The van der Waals surface area contributed by atoms with Crippen molar-refractivity contribution < 1.29 is 28.8 Å². The van der Waals surface area contributed by atoms with Crippen LogP contribution in [-0.2, 0) is 19.8 Å². The molecule has 1 aliphatic rings. The molecule has 0 amide bonds. The van der Waals surface area contributed by atoms with Crippen LogP contribution in [0.5, 0.6) is 11.5 Å². The molecule has 0 unspecified atom stereocenters. The molecule has 1 aromatic heterocycles. The molecular formula is C31H32IN3O7. The van der Waals surface area contributed by atoms with Crippen LogP contribution in [-0.4, -0.2) is 60.9 Å². The van der Waals surface area contributed by atoms with Crippen LogP contribution in [0.1, 0.15) is 22.9 Å². The fourth-order valence-electron chi connectivity index (χ4n) is 5.26. The van der Waals surface area contributed by atoms with Crippen LogP contribution in [0, 0.1) is 3.57 Å². The van der Waals surface area contributed by atoms with E-state index in [0.29, 0.717) is 15.1 Å². The van der Waals surface area contributed by atoms with Gasteiger partial charge < -0.3 is 34.5 Å². The third-order valence-electron chi connectivity index (χ3n) is 7.43. The first-order valence-corrected chi connectivity index (χ1v) is 14.3. The van der Waals surface area contributed by atoms with Crippen molar-refractivity contribution in [3.63, 3.8) is 0 Å².